The van der Waals surface area contributed by atoms with Crippen molar-refractivity contribution in [2.45, 2.75) is 51.6 Å². The second-order valence-electron chi connectivity index (χ2n) is 9.11. The molecule has 2 aliphatic rings. The molecule has 1 atom stereocenters. The number of nitrogens with one attached hydrogen (secondary N) is 1. The van der Waals surface area contributed by atoms with Gasteiger partial charge in [-0.1, -0.05) is 26.0 Å². The van der Waals surface area contributed by atoms with Gasteiger partial charge in [-0.2, -0.15) is 5.10 Å². The highest BCUT2D eigenvalue weighted by atomic mass is 19.1. The lowest BCUT2D eigenvalue weighted by Gasteiger charge is -2.28. The summed E-state index contributed by atoms with van der Waals surface area (Å²) in [7, 11) is 0. The van der Waals surface area contributed by atoms with Crippen LogP contribution in [0.1, 0.15) is 44.6 Å². The van der Waals surface area contributed by atoms with Gasteiger partial charge < -0.3 is 20.7 Å². The number of amides is 3. The Morgan fingerprint density at radius 1 is 1.29 bits per heavy atom. The van der Waals surface area contributed by atoms with Crippen LogP contribution in [0.2, 0.25) is 0 Å². The van der Waals surface area contributed by atoms with E-state index in [0.29, 0.717) is 12.0 Å². The molecule has 1 aliphatic carbocycles. The van der Waals surface area contributed by atoms with Crippen LogP contribution in [0.4, 0.5) is 10.2 Å². The fourth-order valence-electron chi connectivity index (χ4n) is 4.00. The minimum Gasteiger partial charge on any atom is -0.457 e. The average molecular weight is 470 g/mol. The molecule has 34 heavy (non-hydrogen) atoms. The van der Waals surface area contributed by atoms with Gasteiger partial charge in [0.1, 0.15) is 18.3 Å². The Balaban J connectivity index is 1.45. The van der Waals surface area contributed by atoms with E-state index >= 15 is 0 Å². The first-order valence-corrected chi connectivity index (χ1v) is 11.3. The summed E-state index contributed by atoms with van der Waals surface area (Å²) < 4.78 is 21.9. The monoisotopic (exact) mass is 469 g/mol. The van der Waals surface area contributed by atoms with Gasteiger partial charge in [0, 0.05) is 18.3 Å². The van der Waals surface area contributed by atoms with Crippen LogP contribution in [0.15, 0.2) is 42.3 Å². The van der Waals surface area contributed by atoms with Gasteiger partial charge in [0.25, 0.3) is 5.91 Å². The molecule has 1 fully saturated rings. The highest BCUT2D eigenvalue weighted by Gasteiger charge is 2.35. The Morgan fingerprint density at radius 2 is 2.06 bits per heavy atom. The molecule has 1 aromatic heterocycles. The lowest BCUT2D eigenvalue weighted by atomic mass is 10.0. The molecule has 0 radical (unpaired) electrons. The number of ether oxygens (including phenoxy) is 1. The first-order chi connectivity index (χ1) is 16.2. The molecule has 3 N–H and O–H groups in total. The van der Waals surface area contributed by atoms with Gasteiger partial charge >= 0.3 is 0 Å². The zero-order valence-electron chi connectivity index (χ0n) is 19.2. The van der Waals surface area contributed by atoms with Crippen LogP contribution in [0.25, 0.3) is 0 Å². The number of nitrogens with zero attached hydrogens (tertiary/aromatic N) is 3. The van der Waals surface area contributed by atoms with Crippen molar-refractivity contribution >= 4 is 23.5 Å². The predicted molar refractivity (Wildman–Crippen MR) is 122 cm³/mol. The average Bonchev–Trinajstić information content (AvgIpc) is 3.41. The van der Waals surface area contributed by atoms with Crippen molar-refractivity contribution in [3.63, 3.8) is 0 Å². The van der Waals surface area contributed by atoms with Crippen LogP contribution in [0, 0.1) is 11.7 Å². The minimum absolute atomic E-state index is 0.0485. The zero-order valence-corrected chi connectivity index (χ0v) is 19.2. The van der Waals surface area contributed by atoms with E-state index in [0.717, 1.165) is 12.8 Å². The van der Waals surface area contributed by atoms with E-state index in [4.69, 9.17) is 10.5 Å². The van der Waals surface area contributed by atoms with E-state index in [1.807, 2.05) is 13.8 Å². The highest BCUT2D eigenvalue weighted by molar-refractivity contribution is 5.99. The normalized spacial score (nSPS) is 16.5. The summed E-state index contributed by atoms with van der Waals surface area (Å²) >= 11 is 0. The van der Waals surface area contributed by atoms with Crippen molar-refractivity contribution in [1.82, 2.24) is 14.7 Å². The fraction of sp³-hybridized carbons (Fsp3) is 0.417. The van der Waals surface area contributed by atoms with E-state index in [1.54, 1.807) is 18.2 Å². The first kappa shape index (κ1) is 23.5. The number of rotatable bonds is 10. The molecular formula is C24H28FN5O4. The van der Waals surface area contributed by atoms with Gasteiger partial charge in [-0.15, -0.1) is 0 Å². The lowest BCUT2D eigenvalue weighted by Crippen LogP contribution is -2.46. The summed E-state index contributed by atoms with van der Waals surface area (Å²) in [4.78, 5) is 38.3. The van der Waals surface area contributed by atoms with E-state index in [-0.39, 0.29) is 48.2 Å². The predicted octanol–water partition coefficient (Wildman–Crippen LogP) is 2.54. The molecule has 180 valence electrons. The third-order valence-electron chi connectivity index (χ3n) is 5.73. The first-order valence-electron chi connectivity index (χ1n) is 11.3. The van der Waals surface area contributed by atoms with Crippen molar-refractivity contribution in [3.05, 3.63) is 53.7 Å². The number of benzene rings is 1. The van der Waals surface area contributed by atoms with Gasteiger partial charge in [0.05, 0.1) is 6.54 Å². The number of aromatic nitrogens is 2. The van der Waals surface area contributed by atoms with Gasteiger partial charge in [0.15, 0.2) is 17.4 Å². The SMILES string of the molecule is CC(C)C[C@@H](C(=O)Nc1ccn(CC(N)=O)n1)N1CC(Oc2cccc(C3CC3)c2F)=CC1=O. The molecule has 4 rings (SSSR count). The largest absolute Gasteiger partial charge is 0.457 e. The maximum Gasteiger partial charge on any atom is 0.251 e. The van der Waals surface area contributed by atoms with Crippen LogP contribution in [-0.4, -0.2) is 45.0 Å². The Labute approximate surface area is 196 Å². The van der Waals surface area contributed by atoms with Gasteiger partial charge in [-0.05, 0) is 42.7 Å². The van der Waals surface area contributed by atoms with Gasteiger partial charge in [-0.25, -0.2) is 4.39 Å². The number of carbonyl (C=O) groups is 3. The van der Waals surface area contributed by atoms with Crippen LogP contribution >= 0.6 is 0 Å². The minimum atomic E-state index is -0.784. The Hall–Kier alpha value is -3.69. The van der Waals surface area contributed by atoms with Crippen LogP contribution in [0.3, 0.4) is 0 Å². The highest BCUT2D eigenvalue weighted by Crippen LogP contribution is 2.43. The summed E-state index contributed by atoms with van der Waals surface area (Å²) in [5.41, 5.74) is 5.80. The summed E-state index contributed by atoms with van der Waals surface area (Å²) in [5.74, 6) is -0.802. The molecule has 1 aliphatic heterocycles. The molecule has 3 amide bonds. The molecule has 1 saturated carbocycles. The third kappa shape index (κ3) is 5.44. The maximum absolute atomic E-state index is 14.8. The molecule has 2 aromatic rings. The van der Waals surface area contributed by atoms with E-state index in [9.17, 15) is 18.8 Å². The van der Waals surface area contributed by atoms with Crippen LogP contribution in [-0.2, 0) is 20.9 Å². The number of primary amides is 1. The number of hydrogen-bond donors (Lipinski definition) is 2. The number of halogens is 1. The van der Waals surface area contributed by atoms with Crippen molar-refractivity contribution in [2.24, 2.45) is 11.7 Å². The topological polar surface area (TPSA) is 120 Å². The zero-order chi connectivity index (χ0) is 24.4. The Bertz CT molecular complexity index is 1140. The van der Waals surface area contributed by atoms with Gasteiger partial charge in [-0.3, -0.25) is 19.1 Å². The molecule has 0 spiro atoms. The third-order valence-corrected chi connectivity index (χ3v) is 5.73. The summed E-state index contributed by atoms with van der Waals surface area (Å²) in [6.45, 7) is 3.84. The molecule has 0 unspecified atom stereocenters. The maximum atomic E-state index is 14.8. The molecule has 2 heterocycles. The molecule has 0 bridgehead atoms. The number of hydrogen-bond acceptors (Lipinski definition) is 5. The van der Waals surface area contributed by atoms with Crippen LogP contribution in [0.5, 0.6) is 5.75 Å². The Morgan fingerprint density at radius 3 is 2.74 bits per heavy atom. The van der Waals surface area contributed by atoms with Crippen molar-refractivity contribution in [3.8, 4) is 5.75 Å². The summed E-state index contributed by atoms with van der Waals surface area (Å²) in [6.07, 6.45) is 5.15. The van der Waals surface area contributed by atoms with E-state index in [2.05, 4.69) is 10.4 Å². The standard InChI is InChI=1S/C24H28FN5O4/c1-14(2)10-18(24(33)27-21-8-9-29(28-21)13-20(26)31)30-12-16(11-22(30)32)34-19-5-3-4-17(23(19)25)15-6-7-15/h3-5,8-9,11,14-15,18H,6-7,10,12-13H2,1-2H3,(H2,26,31)(H,27,28,33)/t18-/m0/s1. The molecule has 9 nitrogen and oxygen atoms in total. The fourth-order valence-corrected chi connectivity index (χ4v) is 4.00. The number of carbonyl (C=O) groups excluding carboxylic acids is 3. The van der Waals surface area contributed by atoms with Crippen LogP contribution < -0.4 is 15.8 Å². The lowest BCUT2D eigenvalue weighted by molar-refractivity contribution is -0.133. The van der Waals surface area contributed by atoms with E-state index in [1.165, 1.54) is 27.9 Å². The van der Waals surface area contributed by atoms with Crippen molar-refractivity contribution in [1.29, 1.82) is 0 Å². The quantitative estimate of drug-likeness (QED) is 0.554. The second-order valence-corrected chi connectivity index (χ2v) is 9.11. The summed E-state index contributed by atoms with van der Waals surface area (Å²) in [5, 5.41) is 6.80. The van der Waals surface area contributed by atoms with Gasteiger partial charge in [0.2, 0.25) is 11.8 Å². The molecule has 1 aromatic carbocycles. The Kier molecular flexibility index (Phi) is 6.67. The molecule has 0 saturated heterocycles. The second kappa shape index (κ2) is 9.66. The number of anilines is 1. The molecule has 10 heteroatoms. The smallest absolute Gasteiger partial charge is 0.251 e. The summed E-state index contributed by atoms with van der Waals surface area (Å²) in [6, 6.07) is 5.80. The van der Waals surface area contributed by atoms with Crippen molar-refractivity contribution < 1.29 is 23.5 Å². The molecular weight excluding hydrogens is 441 g/mol. The van der Waals surface area contributed by atoms with Crippen molar-refractivity contribution in [2.75, 3.05) is 11.9 Å². The van der Waals surface area contributed by atoms with E-state index < -0.39 is 23.7 Å². The number of nitrogens with two attached hydrogens (primary N) is 1.